The van der Waals surface area contributed by atoms with E-state index in [1.54, 1.807) is 0 Å². The van der Waals surface area contributed by atoms with Crippen LogP contribution >= 0.6 is 0 Å². The first kappa shape index (κ1) is 22.2. The van der Waals surface area contributed by atoms with Gasteiger partial charge in [-0.25, -0.2) is 0 Å². The third-order valence-corrected chi connectivity index (χ3v) is 11.0. The van der Waals surface area contributed by atoms with E-state index in [9.17, 15) is 9.59 Å². The molecule has 0 aromatic heterocycles. The highest BCUT2D eigenvalue weighted by atomic mass is 16.2. The molecule has 1 aromatic carbocycles. The van der Waals surface area contributed by atoms with Gasteiger partial charge in [-0.15, -0.1) is 0 Å². The molecule has 8 fully saturated rings. The predicted molar refractivity (Wildman–Crippen MR) is 139 cm³/mol. The molecule has 8 aliphatic carbocycles. The second kappa shape index (κ2) is 7.73. The van der Waals surface area contributed by atoms with Crippen molar-refractivity contribution < 1.29 is 9.59 Å². The molecule has 0 spiro atoms. The molecule has 0 saturated heterocycles. The van der Waals surface area contributed by atoms with Crippen molar-refractivity contribution in [2.45, 2.75) is 77.0 Å². The molecule has 0 unspecified atom stereocenters. The van der Waals surface area contributed by atoms with Gasteiger partial charge in [0.1, 0.15) is 0 Å². The molecule has 9 rings (SSSR count). The molecule has 35 heavy (non-hydrogen) atoms. The first-order valence-corrected chi connectivity index (χ1v) is 14.2. The zero-order valence-electron chi connectivity index (χ0n) is 21.4. The Balaban J connectivity index is 1.12. The average molecular weight is 476 g/mol. The lowest BCUT2D eigenvalue weighted by atomic mass is 9.49. The number of rotatable bonds is 5. The van der Waals surface area contributed by atoms with Gasteiger partial charge in [-0.3, -0.25) is 9.59 Å². The van der Waals surface area contributed by atoms with Crippen LogP contribution in [0.2, 0.25) is 0 Å². The summed E-state index contributed by atoms with van der Waals surface area (Å²) < 4.78 is 0. The van der Waals surface area contributed by atoms with Crippen LogP contribution in [0.4, 0.5) is 17.1 Å². The topological polar surface area (TPSA) is 61.4 Å². The summed E-state index contributed by atoms with van der Waals surface area (Å²) in [6, 6.07) is 6.10. The van der Waals surface area contributed by atoms with Gasteiger partial charge in [0, 0.05) is 31.2 Å². The van der Waals surface area contributed by atoms with E-state index in [-0.39, 0.29) is 22.6 Å². The van der Waals surface area contributed by atoms with Crippen LogP contribution in [0.3, 0.4) is 0 Å². The zero-order valence-corrected chi connectivity index (χ0v) is 21.4. The van der Waals surface area contributed by atoms with Gasteiger partial charge in [0.25, 0.3) is 0 Å². The van der Waals surface area contributed by atoms with Gasteiger partial charge < -0.3 is 15.5 Å². The van der Waals surface area contributed by atoms with Crippen molar-refractivity contribution in [1.82, 2.24) is 0 Å². The van der Waals surface area contributed by atoms with Crippen LogP contribution in [-0.4, -0.2) is 25.9 Å². The van der Waals surface area contributed by atoms with Crippen LogP contribution in [-0.2, 0) is 9.59 Å². The van der Waals surface area contributed by atoms with E-state index in [0.717, 1.165) is 91.1 Å². The third kappa shape index (κ3) is 3.71. The Hall–Kier alpha value is -2.04. The Bertz CT molecular complexity index is 913. The average Bonchev–Trinajstić information content (AvgIpc) is 2.77. The molecule has 8 saturated carbocycles. The number of amides is 2. The van der Waals surface area contributed by atoms with Gasteiger partial charge in [0.15, 0.2) is 0 Å². The van der Waals surface area contributed by atoms with Gasteiger partial charge in [-0.05, 0) is 131 Å². The summed E-state index contributed by atoms with van der Waals surface area (Å²) in [5, 5.41) is 6.65. The molecule has 1 aromatic rings. The van der Waals surface area contributed by atoms with E-state index < -0.39 is 0 Å². The normalized spacial score (nSPS) is 42.2. The minimum Gasteiger partial charge on any atom is -0.378 e. The maximum atomic E-state index is 13.7. The first-order chi connectivity index (χ1) is 16.8. The standard InChI is InChI=1S/C30H41N3O2/c1-33(2)26-10-24(31-27(34)29-12-18-3-19(13-29)5-20(4-18)14-29)9-25(11-26)32-28(35)30-15-21-6-22(16-30)8-23(7-21)17-30/h9-11,18-23H,3-8,12-17H2,1-2H3,(H,31,34)(H,32,35). The van der Waals surface area contributed by atoms with Crippen molar-refractivity contribution in [1.29, 1.82) is 0 Å². The van der Waals surface area contributed by atoms with E-state index in [1.807, 2.05) is 20.2 Å². The molecular formula is C30H41N3O2. The molecule has 0 atom stereocenters. The Morgan fingerprint density at radius 2 is 0.943 bits per heavy atom. The first-order valence-electron chi connectivity index (χ1n) is 14.2. The number of hydrogen-bond acceptors (Lipinski definition) is 3. The lowest BCUT2D eigenvalue weighted by Crippen LogP contribution is -2.52. The van der Waals surface area contributed by atoms with Crippen LogP contribution in [0, 0.1) is 46.3 Å². The summed E-state index contributed by atoms with van der Waals surface area (Å²) in [6.45, 7) is 0. The fraction of sp³-hybridized carbons (Fsp3) is 0.733. The van der Waals surface area contributed by atoms with Gasteiger partial charge in [0.05, 0.1) is 10.8 Å². The zero-order chi connectivity index (χ0) is 23.9. The number of nitrogens with one attached hydrogen (secondary N) is 2. The highest BCUT2D eigenvalue weighted by Crippen LogP contribution is 2.61. The molecule has 2 amide bonds. The Labute approximate surface area is 209 Å². The van der Waals surface area contributed by atoms with Gasteiger partial charge in [-0.2, -0.15) is 0 Å². The Kier molecular flexibility index (Phi) is 4.90. The van der Waals surface area contributed by atoms with E-state index in [2.05, 4.69) is 27.7 Å². The molecule has 5 heteroatoms. The minimum atomic E-state index is -0.175. The third-order valence-electron chi connectivity index (χ3n) is 11.0. The smallest absolute Gasteiger partial charge is 0.230 e. The molecule has 2 N–H and O–H groups in total. The molecule has 0 aliphatic heterocycles. The van der Waals surface area contributed by atoms with E-state index in [0.29, 0.717) is 0 Å². The van der Waals surface area contributed by atoms with Crippen molar-refractivity contribution in [3.63, 3.8) is 0 Å². The van der Waals surface area contributed by atoms with Crippen LogP contribution in [0.5, 0.6) is 0 Å². The largest absolute Gasteiger partial charge is 0.378 e. The monoisotopic (exact) mass is 475 g/mol. The lowest BCUT2D eigenvalue weighted by Gasteiger charge is -2.55. The van der Waals surface area contributed by atoms with Crippen LogP contribution < -0.4 is 15.5 Å². The fourth-order valence-corrected chi connectivity index (χ4v) is 10.3. The lowest BCUT2D eigenvalue weighted by molar-refractivity contribution is -0.140. The number of carbonyl (C=O) groups excluding carboxylic acids is 2. The van der Waals surface area contributed by atoms with Gasteiger partial charge >= 0.3 is 0 Å². The van der Waals surface area contributed by atoms with Crippen molar-refractivity contribution in [3.8, 4) is 0 Å². The maximum Gasteiger partial charge on any atom is 0.230 e. The fourth-order valence-electron chi connectivity index (χ4n) is 10.3. The van der Waals surface area contributed by atoms with Crippen molar-refractivity contribution in [2.24, 2.45) is 46.3 Å². The van der Waals surface area contributed by atoms with E-state index in [4.69, 9.17) is 0 Å². The maximum absolute atomic E-state index is 13.7. The van der Waals surface area contributed by atoms with Gasteiger partial charge in [-0.1, -0.05) is 0 Å². The van der Waals surface area contributed by atoms with Crippen molar-refractivity contribution in [3.05, 3.63) is 18.2 Å². The number of benzene rings is 1. The summed E-state index contributed by atoms with van der Waals surface area (Å²) in [4.78, 5) is 29.5. The van der Waals surface area contributed by atoms with E-state index in [1.165, 1.54) is 38.5 Å². The second-order valence-corrected chi connectivity index (χ2v) is 14.0. The van der Waals surface area contributed by atoms with Crippen LogP contribution in [0.15, 0.2) is 18.2 Å². The summed E-state index contributed by atoms with van der Waals surface area (Å²) in [5.41, 5.74) is 2.29. The molecule has 188 valence electrons. The number of anilines is 3. The number of nitrogens with zero attached hydrogens (tertiary/aromatic N) is 1. The quantitative estimate of drug-likeness (QED) is 0.544. The van der Waals surface area contributed by atoms with Crippen molar-refractivity contribution >= 4 is 28.9 Å². The summed E-state index contributed by atoms with van der Waals surface area (Å²) in [6.07, 6.45) is 14.4. The Morgan fingerprint density at radius 1 is 0.629 bits per heavy atom. The van der Waals surface area contributed by atoms with Crippen LogP contribution in [0.1, 0.15) is 77.0 Å². The molecule has 8 bridgehead atoms. The molecular weight excluding hydrogens is 434 g/mol. The number of carbonyl (C=O) groups is 2. The minimum absolute atomic E-state index is 0.175. The Morgan fingerprint density at radius 3 is 1.23 bits per heavy atom. The molecule has 5 nitrogen and oxygen atoms in total. The molecule has 0 heterocycles. The van der Waals surface area contributed by atoms with Crippen LogP contribution in [0.25, 0.3) is 0 Å². The summed E-state index contributed by atoms with van der Waals surface area (Å²) in [7, 11) is 4.04. The second-order valence-electron chi connectivity index (χ2n) is 14.0. The van der Waals surface area contributed by atoms with E-state index >= 15 is 0 Å². The van der Waals surface area contributed by atoms with Crippen molar-refractivity contribution in [2.75, 3.05) is 29.6 Å². The predicted octanol–water partition coefficient (Wildman–Crippen LogP) is 6.06. The summed E-state index contributed by atoms with van der Waals surface area (Å²) in [5.74, 6) is 4.90. The summed E-state index contributed by atoms with van der Waals surface area (Å²) >= 11 is 0. The highest BCUT2D eigenvalue weighted by molar-refractivity contribution is 5.99. The number of hydrogen-bond donors (Lipinski definition) is 2. The SMILES string of the molecule is CN(C)c1cc(NC(=O)C23CC4CC(CC(C4)C2)C3)cc(NC(=O)C23CC4CC(CC(C4)C2)C3)c1. The van der Waals surface area contributed by atoms with Gasteiger partial charge in [0.2, 0.25) is 11.8 Å². The molecule has 8 aliphatic rings. The highest BCUT2D eigenvalue weighted by Gasteiger charge is 2.55. The molecule has 0 radical (unpaired) electrons.